The highest BCUT2D eigenvalue weighted by atomic mass is 35.5. The quantitative estimate of drug-likeness (QED) is 0.784. The highest BCUT2D eigenvalue weighted by Crippen LogP contribution is 2.48. The number of rotatable bonds is 5. The number of hydrogen-bond donors (Lipinski definition) is 1. The number of alkyl halides is 1. The van der Waals surface area contributed by atoms with Gasteiger partial charge in [0.1, 0.15) is 0 Å². The Morgan fingerprint density at radius 1 is 1.31 bits per heavy atom. The lowest BCUT2D eigenvalue weighted by Gasteiger charge is -2.14. The van der Waals surface area contributed by atoms with Gasteiger partial charge in [0.15, 0.2) is 0 Å². The number of halogens is 1. The van der Waals surface area contributed by atoms with Gasteiger partial charge in [-0.1, -0.05) is 18.2 Å². The molecular weight excluding hydrogens is 222 g/mol. The van der Waals surface area contributed by atoms with Crippen LogP contribution >= 0.6 is 11.6 Å². The first kappa shape index (κ1) is 11.5. The van der Waals surface area contributed by atoms with Crippen molar-refractivity contribution in [2.45, 2.75) is 19.3 Å². The smallest absolute Gasteiger partial charge is 0.251 e. The van der Waals surface area contributed by atoms with Crippen molar-refractivity contribution in [2.24, 2.45) is 5.41 Å². The van der Waals surface area contributed by atoms with Crippen LogP contribution in [0, 0.1) is 5.41 Å². The van der Waals surface area contributed by atoms with Crippen LogP contribution in [0.25, 0.3) is 0 Å². The lowest BCUT2D eigenvalue weighted by Crippen LogP contribution is -2.30. The Morgan fingerprint density at radius 2 is 2.00 bits per heavy atom. The monoisotopic (exact) mass is 237 g/mol. The van der Waals surface area contributed by atoms with Gasteiger partial charge in [-0.05, 0) is 36.8 Å². The molecule has 0 aromatic heterocycles. The summed E-state index contributed by atoms with van der Waals surface area (Å²) >= 11 is 5.75. The lowest BCUT2D eigenvalue weighted by molar-refractivity contribution is 0.0944. The Bertz CT molecular complexity index is 359. The van der Waals surface area contributed by atoms with Crippen molar-refractivity contribution in [3.8, 4) is 0 Å². The van der Waals surface area contributed by atoms with Crippen molar-refractivity contribution in [3.05, 3.63) is 35.9 Å². The Morgan fingerprint density at radius 3 is 2.56 bits per heavy atom. The maximum Gasteiger partial charge on any atom is 0.251 e. The molecule has 1 N–H and O–H groups in total. The summed E-state index contributed by atoms with van der Waals surface area (Å²) in [5.41, 5.74) is 1.02. The average Bonchev–Trinajstić information content (AvgIpc) is 3.08. The molecule has 1 saturated carbocycles. The van der Waals surface area contributed by atoms with E-state index in [0.29, 0.717) is 11.3 Å². The van der Waals surface area contributed by atoms with Crippen molar-refractivity contribution in [1.82, 2.24) is 5.32 Å². The second kappa shape index (κ2) is 4.88. The van der Waals surface area contributed by atoms with E-state index in [4.69, 9.17) is 11.6 Å². The van der Waals surface area contributed by atoms with Gasteiger partial charge in [-0.2, -0.15) is 0 Å². The van der Waals surface area contributed by atoms with Crippen LogP contribution in [0.2, 0.25) is 0 Å². The molecular formula is C13H16ClNO. The van der Waals surface area contributed by atoms with Crippen LogP contribution in [-0.4, -0.2) is 18.3 Å². The zero-order chi connectivity index (χ0) is 11.4. The molecule has 0 bridgehead atoms. The molecule has 1 fully saturated rings. The fraction of sp³-hybridized carbons (Fsp3) is 0.462. The van der Waals surface area contributed by atoms with Gasteiger partial charge in [-0.25, -0.2) is 0 Å². The molecule has 2 nitrogen and oxygen atoms in total. The van der Waals surface area contributed by atoms with Crippen molar-refractivity contribution in [2.75, 3.05) is 12.4 Å². The minimum Gasteiger partial charge on any atom is -0.351 e. The highest BCUT2D eigenvalue weighted by Gasteiger charge is 2.41. The van der Waals surface area contributed by atoms with Crippen LogP contribution in [0.3, 0.4) is 0 Å². The molecule has 1 aromatic carbocycles. The highest BCUT2D eigenvalue weighted by molar-refractivity contribution is 6.17. The molecule has 0 aliphatic heterocycles. The van der Waals surface area contributed by atoms with Crippen molar-refractivity contribution < 1.29 is 4.79 Å². The summed E-state index contributed by atoms with van der Waals surface area (Å²) in [6.07, 6.45) is 3.38. The summed E-state index contributed by atoms with van der Waals surface area (Å²) in [6, 6.07) is 9.32. The molecule has 16 heavy (non-hydrogen) atoms. The molecule has 2 rings (SSSR count). The van der Waals surface area contributed by atoms with E-state index in [1.807, 2.05) is 30.3 Å². The molecule has 1 amide bonds. The zero-order valence-corrected chi connectivity index (χ0v) is 9.96. The van der Waals surface area contributed by atoms with Crippen molar-refractivity contribution >= 4 is 17.5 Å². The van der Waals surface area contributed by atoms with Crippen molar-refractivity contribution in [3.63, 3.8) is 0 Å². The maximum atomic E-state index is 11.8. The first-order chi connectivity index (χ1) is 7.76. The van der Waals surface area contributed by atoms with Gasteiger partial charge < -0.3 is 5.32 Å². The third-order valence-corrected chi connectivity index (χ3v) is 3.43. The van der Waals surface area contributed by atoms with Crippen LogP contribution < -0.4 is 5.32 Å². The number of hydrogen-bond acceptors (Lipinski definition) is 1. The Balaban J connectivity index is 1.85. The van der Waals surface area contributed by atoms with E-state index in [0.717, 1.165) is 18.5 Å². The van der Waals surface area contributed by atoms with E-state index < -0.39 is 0 Å². The normalized spacial score (nSPS) is 16.8. The molecule has 0 heterocycles. The molecule has 0 saturated heterocycles. The van der Waals surface area contributed by atoms with Gasteiger partial charge in [0.2, 0.25) is 0 Å². The Labute approximate surface area is 101 Å². The predicted molar refractivity (Wildman–Crippen MR) is 65.8 cm³/mol. The van der Waals surface area contributed by atoms with Gasteiger partial charge in [-0.15, -0.1) is 11.6 Å². The molecule has 0 radical (unpaired) electrons. The molecule has 3 heteroatoms. The molecule has 1 aromatic rings. The predicted octanol–water partition coefficient (Wildman–Crippen LogP) is 2.83. The van der Waals surface area contributed by atoms with Gasteiger partial charge in [0.05, 0.1) is 0 Å². The van der Waals surface area contributed by atoms with Gasteiger partial charge in [0, 0.05) is 18.0 Å². The van der Waals surface area contributed by atoms with E-state index in [9.17, 15) is 4.79 Å². The second-order valence-electron chi connectivity index (χ2n) is 4.49. The van der Waals surface area contributed by atoms with E-state index in [1.165, 1.54) is 12.8 Å². The molecule has 0 spiro atoms. The van der Waals surface area contributed by atoms with Crippen LogP contribution in [0.4, 0.5) is 0 Å². The second-order valence-corrected chi connectivity index (χ2v) is 4.87. The topological polar surface area (TPSA) is 29.1 Å². The van der Waals surface area contributed by atoms with Gasteiger partial charge in [-0.3, -0.25) is 4.79 Å². The number of amides is 1. The summed E-state index contributed by atoms with van der Waals surface area (Å²) < 4.78 is 0. The fourth-order valence-electron chi connectivity index (χ4n) is 1.85. The Kier molecular flexibility index (Phi) is 3.49. The van der Waals surface area contributed by atoms with Crippen LogP contribution in [-0.2, 0) is 0 Å². The fourth-order valence-corrected chi connectivity index (χ4v) is 2.25. The largest absolute Gasteiger partial charge is 0.351 e. The summed E-state index contributed by atoms with van der Waals surface area (Å²) in [5, 5.41) is 2.99. The molecule has 1 aliphatic carbocycles. The van der Waals surface area contributed by atoms with E-state index in [2.05, 4.69) is 5.32 Å². The standard InChI is InChI=1S/C13H16ClNO/c14-9-8-13(6-7-13)10-15-12(16)11-4-2-1-3-5-11/h1-5H,6-10H2,(H,15,16). The Hall–Kier alpha value is -1.02. The number of nitrogens with one attached hydrogen (secondary N) is 1. The molecule has 86 valence electrons. The summed E-state index contributed by atoms with van der Waals surface area (Å²) in [6.45, 7) is 0.757. The summed E-state index contributed by atoms with van der Waals surface area (Å²) in [5.74, 6) is 0.697. The molecule has 0 atom stereocenters. The SMILES string of the molecule is O=C(NCC1(CCCl)CC1)c1ccccc1. The summed E-state index contributed by atoms with van der Waals surface area (Å²) in [4.78, 5) is 11.8. The van der Waals surface area contributed by atoms with Gasteiger partial charge >= 0.3 is 0 Å². The van der Waals surface area contributed by atoms with E-state index in [1.54, 1.807) is 0 Å². The third-order valence-electron chi connectivity index (χ3n) is 3.24. The van der Waals surface area contributed by atoms with Gasteiger partial charge in [0.25, 0.3) is 5.91 Å². The van der Waals surface area contributed by atoms with E-state index in [-0.39, 0.29) is 5.91 Å². The lowest BCUT2D eigenvalue weighted by atomic mass is 10.0. The van der Waals surface area contributed by atoms with E-state index >= 15 is 0 Å². The number of carbonyl (C=O) groups excluding carboxylic acids is 1. The maximum absolute atomic E-state index is 11.8. The zero-order valence-electron chi connectivity index (χ0n) is 9.21. The number of benzene rings is 1. The molecule has 1 aliphatic rings. The first-order valence-corrected chi connectivity index (χ1v) is 6.18. The minimum absolute atomic E-state index is 0.0152. The molecule has 0 unspecified atom stereocenters. The third kappa shape index (κ3) is 2.76. The summed E-state index contributed by atoms with van der Waals surface area (Å²) in [7, 11) is 0. The minimum atomic E-state index is 0.0152. The average molecular weight is 238 g/mol. The first-order valence-electron chi connectivity index (χ1n) is 5.65. The van der Waals surface area contributed by atoms with Crippen molar-refractivity contribution in [1.29, 1.82) is 0 Å². The number of carbonyl (C=O) groups is 1. The van der Waals surface area contributed by atoms with Crippen LogP contribution in [0.5, 0.6) is 0 Å². The van der Waals surface area contributed by atoms with Crippen LogP contribution in [0.1, 0.15) is 29.6 Å². The van der Waals surface area contributed by atoms with Crippen LogP contribution in [0.15, 0.2) is 30.3 Å².